The molecule has 2 N–H and O–H groups in total. The molecule has 0 aliphatic carbocycles. The van der Waals surface area contributed by atoms with Crippen molar-refractivity contribution in [3.05, 3.63) is 75.7 Å². The molecule has 2 aromatic carbocycles. The highest BCUT2D eigenvalue weighted by molar-refractivity contribution is 6.33. The molecule has 0 radical (unpaired) electrons. The highest BCUT2D eigenvalue weighted by atomic mass is 35.5. The van der Waals surface area contributed by atoms with Crippen LogP contribution in [0.1, 0.15) is 28.4 Å². The maximum absolute atomic E-state index is 13.2. The van der Waals surface area contributed by atoms with Crippen LogP contribution in [-0.4, -0.2) is 57.6 Å². The maximum atomic E-state index is 13.2. The zero-order chi connectivity index (χ0) is 25.1. The van der Waals surface area contributed by atoms with Gasteiger partial charge in [0.15, 0.2) is 0 Å². The molecule has 2 heterocycles. The molecule has 1 aliphatic heterocycles. The number of benzene rings is 2. The van der Waals surface area contributed by atoms with Crippen LogP contribution >= 0.6 is 23.2 Å². The van der Waals surface area contributed by atoms with Crippen LogP contribution in [0.25, 0.3) is 11.3 Å². The van der Waals surface area contributed by atoms with E-state index in [1.807, 2.05) is 30.3 Å². The average Bonchev–Trinajstić information content (AvgIpc) is 3.20. The fourth-order valence-electron chi connectivity index (χ4n) is 4.04. The van der Waals surface area contributed by atoms with Crippen molar-refractivity contribution in [1.82, 2.24) is 20.2 Å². The number of carbonyl (C=O) groups excluding carboxylic acids is 2. The predicted octanol–water partition coefficient (Wildman–Crippen LogP) is 3.52. The molecule has 8 nitrogen and oxygen atoms in total. The van der Waals surface area contributed by atoms with Crippen molar-refractivity contribution in [3.8, 4) is 17.0 Å². The lowest BCUT2D eigenvalue weighted by Gasteiger charge is -2.26. The molecule has 0 fully saturated rings. The lowest BCUT2D eigenvalue weighted by Crippen LogP contribution is -2.49. The SMILES string of the molecule is COc1cccc(C[C@@H](CO)NC(=O)[C@@H](C)N2Cc3ccc(-c4nc(Cl)ncc4Cl)cc3C2=O)c1. The van der Waals surface area contributed by atoms with Gasteiger partial charge in [0.2, 0.25) is 11.2 Å². The largest absolute Gasteiger partial charge is 0.497 e. The third kappa shape index (κ3) is 5.40. The Morgan fingerprint density at radius 1 is 1.26 bits per heavy atom. The van der Waals surface area contributed by atoms with Crippen molar-refractivity contribution in [1.29, 1.82) is 0 Å². The van der Waals surface area contributed by atoms with E-state index in [1.54, 1.807) is 26.2 Å². The molecule has 2 amide bonds. The van der Waals surface area contributed by atoms with Crippen molar-refractivity contribution in [2.45, 2.75) is 32.0 Å². The summed E-state index contributed by atoms with van der Waals surface area (Å²) in [6, 6.07) is 11.5. The Bertz CT molecular complexity index is 1270. The lowest BCUT2D eigenvalue weighted by molar-refractivity contribution is -0.126. The van der Waals surface area contributed by atoms with E-state index in [4.69, 9.17) is 27.9 Å². The first-order chi connectivity index (χ1) is 16.8. The minimum atomic E-state index is -0.741. The fourth-order valence-corrected chi connectivity index (χ4v) is 4.37. The first-order valence-electron chi connectivity index (χ1n) is 11.0. The summed E-state index contributed by atoms with van der Waals surface area (Å²) < 4.78 is 5.23. The van der Waals surface area contributed by atoms with Gasteiger partial charge in [0.25, 0.3) is 5.91 Å². The standard InChI is InChI=1S/C25H24Cl2N4O4/c1-14(23(33)29-18(13-32)8-15-4-3-5-19(9-15)35-2)31-12-17-7-6-16(10-20(17)24(31)34)22-21(26)11-28-25(27)30-22/h3-7,9-11,14,18,32H,8,12-13H2,1-2H3,(H,29,33)/t14-,18+/m1/s1. The summed E-state index contributed by atoms with van der Waals surface area (Å²) in [6.07, 6.45) is 1.83. The third-order valence-corrected chi connectivity index (χ3v) is 6.42. The maximum Gasteiger partial charge on any atom is 0.255 e. The highest BCUT2D eigenvalue weighted by Gasteiger charge is 2.34. The van der Waals surface area contributed by atoms with Gasteiger partial charge >= 0.3 is 0 Å². The zero-order valence-corrected chi connectivity index (χ0v) is 20.7. The van der Waals surface area contributed by atoms with Crippen LogP contribution in [0.15, 0.2) is 48.7 Å². The highest BCUT2D eigenvalue weighted by Crippen LogP contribution is 2.32. The van der Waals surface area contributed by atoms with Crippen LogP contribution in [0.5, 0.6) is 5.75 Å². The molecular formula is C25H24Cl2N4O4. The molecule has 1 aromatic heterocycles. The number of nitrogens with one attached hydrogen (secondary N) is 1. The van der Waals surface area contributed by atoms with Gasteiger partial charge in [-0.2, -0.15) is 0 Å². The minimum Gasteiger partial charge on any atom is -0.497 e. The Morgan fingerprint density at radius 3 is 2.80 bits per heavy atom. The second kappa shape index (κ2) is 10.6. The zero-order valence-electron chi connectivity index (χ0n) is 19.2. The lowest BCUT2D eigenvalue weighted by atomic mass is 10.0. The first kappa shape index (κ1) is 24.9. The quantitative estimate of drug-likeness (QED) is 0.445. The Balaban J connectivity index is 1.46. The van der Waals surface area contributed by atoms with E-state index >= 15 is 0 Å². The molecular weight excluding hydrogens is 491 g/mol. The molecule has 0 saturated carbocycles. The summed E-state index contributed by atoms with van der Waals surface area (Å²) in [6.45, 7) is 1.72. The van der Waals surface area contributed by atoms with Gasteiger partial charge in [-0.05, 0) is 54.3 Å². The van der Waals surface area contributed by atoms with E-state index in [1.165, 1.54) is 11.1 Å². The van der Waals surface area contributed by atoms with Gasteiger partial charge in [0, 0.05) is 17.7 Å². The normalized spacial score (nSPS) is 14.4. The van der Waals surface area contributed by atoms with Gasteiger partial charge in [-0.25, -0.2) is 9.97 Å². The van der Waals surface area contributed by atoms with Gasteiger partial charge in [0.05, 0.1) is 36.7 Å². The summed E-state index contributed by atoms with van der Waals surface area (Å²) in [5.41, 5.74) is 3.24. The van der Waals surface area contributed by atoms with Crippen LogP contribution in [0, 0.1) is 0 Å². The molecule has 35 heavy (non-hydrogen) atoms. The van der Waals surface area contributed by atoms with Crippen molar-refractivity contribution < 1.29 is 19.4 Å². The van der Waals surface area contributed by atoms with Crippen molar-refractivity contribution >= 4 is 35.0 Å². The summed E-state index contributed by atoms with van der Waals surface area (Å²) in [5.74, 6) is 0.0808. The van der Waals surface area contributed by atoms with Crippen LogP contribution in [-0.2, 0) is 17.8 Å². The third-order valence-electron chi connectivity index (χ3n) is 5.96. The smallest absolute Gasteiger partial charge is 0.255 e. The van der Waals surface area contributed by atoms with Crippen molar-refractivity contribution in [3.63, 3.8) is 0 Å². The van der Waals surface area contributed by atoms with Crippen LogP contribution in [0.3, 0.4) is 0 Å². The number of aliphatic hydroxyl groups excluding tert-OH is 1. The molecule has 3 aromatic rings. The summed E-state index contributed by atoms with van der Waals surface area (Å²) in [7, 11) is 1.58. The number of aliphatic hydroxyl groups is 1. The molecule has 4 rings (SSSR count). The van der Waals surface area contributed by atoms with Crippen LogP contribution < -0.4 is 10.1 Å². The molecule has 10 heteroatoms. The van der Waals surface area contributed by atoms with Crippen molar-refractivity contribution in [2.75, 3.05) is 13.7 Å². The first-order valence-corrected chi connectivity index (χ1v) is 11.7. The number of fused-ring (bicyclic) bond motifs is 1. The Morgan fingerprint density at radius 2 is 2.06 bits per heavy atom. The van der Waals surface area contributed by atoms with Gasteiger partial charge in [-0.1, -0.05) is 35.9 Å². The number of nitrogens with zero attached hydrogens (tertiary/aromatic N) is 3. The molecule has 0 unspecified atom stereocenters. The van der Waals surface area contributed by atoms with E-state index in [2.05, 4.69) is 15.3 Å². The summed E-state index contributed by atoms with van der Waals surface area (Å²) in [5, 5.41) is 13.0. The van der Waals surface area contributed by atoms with E-state index in [-0.39, 0.29) is 23.7 Å². The molecule has 0 saturated heterocycles. The van der Waals surface area contributed by atoms with Crippen LogP contribution in [0.4, 0.5) is 0 Å². The molecule has 1 aliphatic rings. The molecule has 0 spiro atoms. The number of aromatic nitrogens is 2. The number of rotatable bonds is 8. The van der Waals surface area contributed by atoms with E-state index in [9.17, 15) is 14.7 Å². The Kier molecular flexibility index (Phi) is 7.54. The number of hydrogen-bond donors (Lipinski definition) is 2. The van der Waals surface area contributed by atoms with E-state index in [0.29, 0.717) is 40.6 Å². The number of hydrogen-bond acceptors (Lipinski definition) is 6. The molecule has 2 atom stereocenters. The van der Waals surface area contributed by atoms with E-state index < -0.39 is 12.1 Å². The van der Waals surface area contributed by atoms with E-state index in [0.717, 1.165) is 11.1 Å². The summed E-state index contributed by atoms with van der Waals surface area (Å²) in [4.78, 5) is 35.7. The minimum absolute atomic E-state index is 0.0514. The molecule has 0 bridgehead atoms. The van der Waals surface area contributed by atoms with Gasteiger partial charge in [0.1, 0.15) is 11.8 Å². The molecule has 182 valence electrons. The fraction of sp³-hybridized carbons (Fsp3) is 0.280. The number of methoxy groups -OCH3 is 1. The topological polar surface area (TPSA) is 105 Å². The van der Waals surface area contributed by atoms with Gasteiger partial charge < -0.3 is 20.1 Å². The van der Waals surface area contributed by atoms with Gasteiger partial charge in [-0.3, -0.25) is 9.59 Å². The van der Waals surface area contributed by atoms with Gasteiger partial charge in [-0.15, -0.1) is 0 Å². The number of amides is 2. The van der Waals surface area contributed by atoms with Crippen LogP contribution in [0.2, 0.25) is 10.3 Å². The monoisotopic (exact) mass is 514 g/mol. The van der Waals surface area contributed by atoms with Crippen molar-refractivity contribution in [2.24, 2.45) is 0 Å². The number of carbonyl (C=O) groups is 2. The summed E-state index contributed by atoms with van der Waals surface area (Å²) >= 11 is 12.1. The number of ether oxygens (including phenoxy) is 1. The average molecular weight is 515 g/mol. The Hall–Kier alpha value is -3.20. The predicted molar refractivity (Wildman–Crippen MR) is 133 cm³/mol. The Labute approximate surface area is 212 Å². The second-order valence-corrected chi connectivity index (χ2v) is 9.01. The second-order valence-electron chi connectivity index (χ2n) is 8.26. The number of halogens is 2.